The zero-order chi connectivity index (χ0) is 17.6. The molecule has 0 spiro atoms. The van der Waals surface area contributed by atoms with Crippen LogP contribution in [0, 0.1) is 0 Å². The summed E-state index contributed by atoms with van der Waals surface area (Å²) in [6, 6.07) is 11.5. The van der Waals surface area contributed by atoms with Crippen molar-refractivity contribution in [3.8, 4) is 11.4 Å². The number of carbonyl (C=O) groups excluding carboxylic acids is 1. The molecule has 1 aromatic carbocycles. The lowest BCUT2D eigenvalue weighted by molar-refractivity contribution is -0.118. The highest BCUT2D eigenvalue weighted by molar-refractivity contribution is 9.11. The van der Waals surface area contributed by atoms with E-state index in [0.29, 0.717) is 11.7 Å². The quantitative estimate of drug-likeness (QED) is 0.571. The third-order valence-electron chi connectivity index (χ3n) is 3.29. The molecule has 0 unspecified atom stereocenters. The lowest BCUT2D eigenvalue weighted by Crippen LogP contribution is -2.24. The van der Waals surface area contributed by atoms with Crippen molar-refractivity contribution in [2.24, 2.45) is 0 Å². The molecule has 0 saturated carbocycles. The summed E-state index contributed by atoms with van der Waals surface area (Å²) in [4.78, 5) is 13.1. The molecule has 0 radical (unpaired) electrons. The molecular formula is C16H15BrN4O2S2. The van der Waals surface area contributed by atoms with E-state index in [1.54, 1.807) is 24.8 Å². The normalized spacial score (nSPS) is 10.6. The Morgan fingerprint density at radius 2 is 2.12 bits per heavy atom. The minimum atomic E-state index is -0.0428. The maximum atomic E-state index is 12.0. The molecule has 0 fully saturated rings. The van der Waals surface area contributed by atoms with E-state index in [-0.39, 0.29) is 11.7 Å². The number of benzene rings is 1. The van der Waals surface area contributed by atoms with Gasteiger partial charge in [-0.15, -0.1) is 21.5 Å². The molecule has 0 saturated heterocycles. The predicted octanol–water partition coefficient (Wildman–Crippen LogP) is 3.51. The van der Waals surface area contributed by atoms with Crippen molar-refractivity contribution in [2.75, 3.05) is 12.9 Å². The van der Waals surface area contributed by atoms with Gasteiger partial charge < -0.3 is 10.1 Å². The van der Waals surface area contributed by atoms with Crippen LogP contribution in [0.1, 0.15) is 4.88 Å². The summed E-state index contributed by atoms with van der Waals surface area (Å²) in [5.74, 6) is 1.02. The van der Waals surface area contributed by atoms with Crippen LogP contribution in [-0.4, -0.2) is 33.5 Å². The van der Waals surface area contributed by atoms with Gasteiger partial charge in [0.2, 0.25) is 5.91 Å². The number of aromatic nitrogens is 3. The number of nitrogens with one attached hydrogen (secondary N) is 1. The van der Waals surface area contributed by atoms with Crippen molar-refractivity contribution < 1.29 is 9.53 Å². The van der Waals surface area contributed by atoms with Gasteiger partial charge in [-0.1, -0.05) is 11.8 Å². The van der Waals surface area contributed by atoms with Crippen molar-refractivity contribution >= 4 is 44.9 Å². The molecule has 0 aliphatic carbocycles. The van der Waals surface area contributed by atoms with E-state index in [1.807, 2.05) is 41.0 Å². The minimum absolute atomic E-state index is 0.0428. The van der Waals surface area contributed by atoms with E-state index in [0.717, 1.165) is 20.1 Å². The number of ether oxygens (including phenoxy) is 1. The van der Waals surface area contributed by atoms with Crippen molar-refractivity contribution in [3.63, 3.8) is 0 Å². The van der Waals surface area contributed by atoms with Crippen LogP contribution in [0.15, 0.2) is 51.7 Å². The first-order valence-corrected chi connectivity index (χ1v) is 9.93. The second-order valence-electron chi connectivity index (χ2n) is 4.95. The van der Waals surface area contributed by atoms with Crippen molar-refractivity contribution in [1.29, 1.82) is 0 Å². The fourth-order valence-corrected chi connectivity index (χ4v) is 4.24. The van der Waals surface area contributed by atoms with Crippen LogP contribution in [0.2, 0.25) is 0 Å². The number of carbonyl (C=O) groups is 1. The van der Waals surface area contributed by atoms with Crippen LogP contribution in [0.25, 0.3) is 5.69 Å². The van der Waals surface area contributed by atoms with Crippen LogP contribution in [0.5, 0.6) is 5.75 Å². The monoisotopic (exact) mass is 438 g/mol. The molecule has 1 N–H and O–H groups in total. The minimum Gasteiger partial charge on any atom is -0.497 e. The highest BCUT2D eigenvalue weighted by Crippen LogP contribution is 2.23. The van der Waals surface area contributed by atoms with Crippen LogP contribution >= 0.6 is 39.0 Å². The van der Waals surface area contributed by atoms with E-state index in [2.05, 4.69) is 31.4 Å². The van der Waals surface area contributed by atoms with Crippen molar-refractivity contribution in [1.82, 2.24) is 20.1 Å². The molecule has 0 aliphatic heterocycles. The van der Waals surface area contributed by atoms with Crippen molar-refractivity contribution in [3.05, 3.63) is 51.4 Å². The Labute approximate surface area is 161 Å². The van der Waals surface area contributed by atoms with E-state index in [1.165, 1.54) is 11.8 Å². The Bertz CT molecular complexity index is 848. The van der Waals surface area contributed by atoms with Crippen LogP contribution < -0.4 is 10.1 Å². The Kier molecular flexibility index (Phi) is 6.11. The summed E-state index contributed by atoms with van der Waals surface area (Å²) in [6.45, 7) is 0.529. The molecule has 6 nitrogen and oxygen atoms in total. The number of methoxy groups -OCH3 is 1. The predicted molar refractivity (Wildman–Crippen MR) is 103 cm³/mol. The van der Waals surface area contributed by atoms with Crippen LogP contribution in [0.4, 0.5) is 0 Å². The third kappa shape index (κ3) is 4.83. The van der Waals surface area contributed by atoms with Gasteiger partial charge in [-0.3, -0.25) is 9.36 Å². The first-order valence-electron chi connectivity index (χ1n) is 7.34. The summed E-state index contributed by atoms with van der Waals surface area (Å²) in [5.41, 5.74) is 0.914. The number of thiophene rings is 1. The molecule has 3 rings (SSSR count). The van der Waals surface area contributed by atoms with Gasteiger partial charge in [0.15, 0.2) is 5.16 Å². The highest BCUT2D eigenvalue weighted by atomic mass is 79.9. The Morgan fingerprint density at radius 3 is 2.80 bits per heavy atom. The largest absolute Gasteiger partial charge is 0.497 e. The van der Waals surface area contributed by atoms with Gasteiger partial charge in [-0.25, -0.2) is 0 Å². The first-order chi connectivity index (χ1) is 12.2. The van der Waals surface area contributed by atoms with Crippen LogP contribution in [-0.2, 0) is 11.3 Å². The average Bonchev–Trinajstić information content (AvgIpc) is 3.27. The van der Waals surface area contributed by atoms with E-state index in [9.17, 15) is 4.79 Å². The maximum Gasteiger partial charge on any atom is 0.230 e. The second-order valence-corrected chi connectivity index (χ2v) is 8.44. The lowest BCUT2D eigenvalue weighted by Gasteiger charge is -2.07. The molecule has 2 aromatic heterocycles. The van der Waals surface area contributed by atoms with Gasteiger partial charge in [0.05, 0.1) is 23.2 Å². The van der Waals surface area contributed by atoms with E-state index in [4.69, 9.17) is 4.74 Å². The molecule has 3 aromatic rings. The summed E-state index contributed by atoms with van der Waals surface area (Å²) in [7, 11) is 1.63. The van der Waals surface area contributed by atoms with Crippen molar-refractivity contribution in [2.45, 2.75) is 11.7 Å². The van der Waals surface area contributed by atoms with Crippen LogP contribution in [0.3, 0.4) is 0 Å². The zero-order valence-electron chi connectivity index (χ0n) is 13.3. The number of hydrogen-bond donors (Lipinski definition) is 1. The van der Waals surface area contributed by atoms with E-state index < -0.39 is 0 Å². The number of amides is 1. The molecule has 25 heavy (non-hydrogen) atoms. The smallest absolute Gasteiger partial charge is 0.230 e. The van der Waals surface area contributed by atoms with Gasteiger partial charge in [-0.05, 0) is 52.3 Å². The first kappa shape index (κ1) is 18.0. The molecule has 130 valence electrons. The number of nitrogens with zero attached hydrogens (tertiary/aromatic N) is 3. The van der Waals surface area contributed by atoms with Gasteiger partial charge in [0.25, 0.3) is 0 Å². The topological polar surface area (TPSA) is 69.0 Å². The summed E-state index contributed by atoms with van der Waals surface area (Å²) >= 11 is 6.36. The second kappa shape index (κ2) is 8.50. The number of thioether (sulfide) groups is 1. The molecule has 0 bridgehead atoms. The van der Waals surface area contributed by atoms with Gasteiger partial charge in [-0.2, -0.15) is 0 Å². The highest BCUT2D eigenvalue weighted by Gasteiger charge is 2.10. The Morgan fingerprint density at radius 1 is 1.32 bits per heavy atom. The molecule has 0 aliphatic rings. The molecule has 9 heteroatoms. The number of hydrogen-bond acceptors (Lipinski definition) is 6. The fraction of sp³-hybridized carbons (Fsp3) is 0.188. The Balaban J connectivity index is 1.56. The summed E-state index contributed by atoms with van der Waals surface area (Å²) < 4.78 is 8.06. The molecule has 1 amide bonds. The maximum absolute atomic E-state index is 12.0. The number of halogens is 1. The SMILES string of the molecule is COc1ccc(-n2cnnc2SCC(=O)NCc2ccc(Br)s2)cc1. The summed E-state index contributed by atoms with van der Waals surface area (Å²) in [6.07, 6.45) is 1.63. The molecular weight excluding hydrogens is 424 g/mol. The van der Waals surface area contributed by atoms with Gasteiger partial charge >= 0.3 is 0 Å². The summed E-state index contributed by atoms with van der Waals surface area (Å²) in [5, 5.41) is 11.6. The molecule has 2 heterocycles. The fourth-order valence-electron chi connectivity index (χ4n) is 2.06. The molecule has 0 atom stereocenters. The average molecular weight is 439 g/mol. The third-order valence-corrected chi connectivity index (χ3v) is 5.85. The van der Waals surface area contributed by atoms with Gasteiger partial charge in [0.1, 0.15) is 12.1 Å². The zero-order valence-corrected chi connectivity index (χ0v) is 16.5. The Hall–Kier alpha value is -1.84. The standard InChI is InChI=1S/C16H15BrN4O2S2/c1-23-12-4-2-11(3-5-12)21-10-19-20-16(21)24-9-15(22)18-8-13-6-7-14(17)25-13/h2-7,10H,8-9H2,1H3,(H,18,22). The van der Waals surface area contributed by atoms with Gasteiger partial charge in [0, 0.05) is 10.6 Å². The van der Waals surface area contributed by atoms with E-state index >= 15 is 0 Å². The lowest BCUT2D eigenvalue weighted by atomic mass is 10.3. The number of rotatable bonds is 7.